The molecule has 0 heterocycles. The first kappa shape index (κ1) is 7.14. The van der Waals surface area contributed by atoms with Crippen molar-refractivity contribution >= 4 is 12.2 Å². The molecule has 0 saturated heterocycles. The van der Waals surface area contributed by atoms with Crippen molar-refractivity contribution in [3.8, 4) is 0 Å². The zero-order chi connectivity index (χ0) is 6.57. The SMILES string of the molecule is C[C@H](C=O)CC(N)=O. The van der Waals surface area contributed by atoms with Crippen molar-refractivity contribution in [2.24, 2.45) is 11.7 Å². The third-order valence-electron chi connectivity index (χ3n) is 0.755. The third kappa shape index (κ3) is 3.33. The van der Waals surface area contributed by atoms with E-state index in [0.717, 1.165) is 0 Å². The van der Waals surface area contributed by atoms with Crippen LogP contribution in [0.25, 0.3) is 0 Å². The fraction of sp³-hybridized carbons (Fsp3) is 0.600. The molecule has 0 aliphatic carbocycles. The molecule has 0 aromatic heterocycles. The second kappa shape index (κ2) is 3.18. The Kier molecular flexibility index (Phi) is 2.84. The van der Waals surface area contributed by atoms with Gasteiger partial charge in [0.1, 0.15) is 6.29 Å². The number of carbonyl (C=O) groups is 2. The summed E-state index contributed by atoms with van der Waals surface area (Å²) < 4.78 is 0. The smallest absolute Gasteiger partial charge is 0.218 e. The van der Waals surface area contributed by atoms with Gasteiger partial charge in [-0.05, 0) is 0 Å². The van der Waals surface area contributed by atoms with Crippen molar-refractivity contribution in [1.82, 2.24) is 0 Å². The Bertz CT molecular complexity index is 101. The predicted molar refractivity (Wildman–Crippen MR) is 29.0 cm³/mol. The molecule has 0 bridgehead atoms. The van der Waals surface area contributed by atoms with Crippen LogP contribution in [-0.2, 0) is 9.59 Å². The maximum atomic E-state index is 10.0. The highest BCUT2D eigenvalue weighted by atomic mass is 16.1. The number of carbonyl (C=O) groups excluding carboxylic acids is 2. The van der Waals surface area contributed by atoms with Gasteiger partial charge in [0.15, 0.2) is 0 Å². The molecule has 0 aromatic rings. The van der Waals surface area contributed by atoms with E-state index in [0.29, 0.717) is 6.29 Å². The van der Waals surface area contributed by atoms with Crippen LogP contribution >= 0.6 is 0 Å². The summed E-state index contributed by atoms with van der Waals surface area (Å²) in [5.74, 6) is -0.655. The molecule has 0 aliphatic rings. The van der Waals surface area contributed by atoms with Crippen molar-refractivity contribution in [2.75, 3.05) is 0 Å². The average molecular weight is 115 g/mol. The van der Waals surface area contributed by atoms with Crippen molar-refractivity contribution in [3.63, 3.8) is 0 Å². The summed E-state index contributed by atoms with van der Waals surface area (Å²) in [5, 5.41) is 0. The number of aldehydes is 1. The Hall–Kier alpha value is -0.860. The molecule has 0 unspecified atom stereocenters. The molecule has 0 spiro atoms. The summed E-state index contributed by atoms with van der Waals surface area (Å²) in [6.45, 7) is 1.65. The van der Waals surface area contributed by atoms with E-state index in [-0.39, 0.29) is 12.3 Å². The van der Waals surface area contributed by atoms with E-state index in [1.54, 1.807) is 6.92 Å². The number of hydrogen-bond donors (Lipinski definition) is 1. The van der Waals surface area contributed by atoms with Gasteiger partial charge in [-0.2, -0.15) is 0 Å². The fourth-order valence-corrected chi connectivity index (χ4v) is 0.365. The van der Waals surface area contributed by atoms with E-state index in [9.17, 15) is 9.59 Å². The molecule has 0 fully saturated rings. The van der Waals surface area contributed by atoms with Crippen LogP contribution in [0, 0.1) is 5.92 Å². The number of nitrogens with two attached hydrogens (primary N) is 1. The molecule has 0 radical (unpaired) electrons. The van der Waals surface area contributed by atoms with E-state index < -0.39 is 5.91 Å². The molecule has 0 aliphatic heterocycles. The van der Waals surface area contributed by atoms with Gasteiger partial charge < -0.3 is 10.5 Å². The molecule has 1 amide bonds. The van der Waals surface area contributed by atoms with Crippen LogP contribution in [0.15, 0.2) is 0 Å². The molecule has 3 nitrogen and oxygen atoms in total. The van der Waals surface area contributed by atoms with Gasteiger partial charge in [-0.15, -0.1) is 0 Å². The van der Waals surface area contributed by atoms with Gasteiger partial charge >= 0.3 is 0 Å². The lowest BCUT2D eigenvalue weighted by Gasteiger charge is -1.94. The van der Waals surface area contributed by atoms with Crippen molar-refractivity contribution in [3.05, 3.63) is 0 Å². The van der Waals surface area contributed by atoms with E-state index in [1.807, 2.05) is 0 Å². The minimum Gasteiger partial charge on any atom is -0.370 e. The molecule has 1 atom stereocenters. The molecular weight excluding hydrogens is 106 g/mol. The summed E-state index contributed by atoms with van der Waals surface area (Å²) in [6.07, 6.45) is 0.869. The normalized spacial score (nSPS) is 12.6. The van der Waals surface area contributed by atoms with Gasteiger partial charge in [0.25, 0.3) is 0 Å². The maximum absolute atomic E-state index is 10.0. The fourth-order valence-electron chi connectivity index (χ4n) is 0.365. The number of rotatable bonds is 3. The van der Waals surface area contributed by atoms with Gasteiger partial charge in [-0.1, -0.05) is 6.92 Å². The Morgan fingerprint density at radius 3 is 2.50 bits per heavy atom. The van der Waals surface area contributed by atoms with Gasteiger partial charge in [0.05, 0.1) is 0 Å². The van der Waals surface area contributed by atoms with Crippen molar-refractivity contribution in [2.45, 2.75) is 13.3 Å². The first-order chi connectivity index (χ1) is 3.66. The number of hydrogen-bond acceptors (Lipinski definition) is 2. The topological polar surface area (TPSA) is 60.2 Å². The molecule has 0 rings (SSSR count). The van der Waals surface area contributed by atoms with Crippen LogP contribution < -0.4 is 5.73 Å². The second-order valence-electron chi connectivity index (χ2n) is 1.78. The van der Waals surface area contributed by atoms with Crippen LogP contribution in [0.4, 0.5) is 0 Å². The first-order valence-electron chi connectivity index (χ1n) is 2.40. The Morgan fingerprint density at radius 1 is 1.88 bits per heavy atom. The predicted octanol–water partition coefficient (Wildman–Crippen LogP) is -0.303. The maximum Gasteiger partial charge on any atom is 0.218 e. The minimum absolute atomic E-state index is 0.156. The lowest BCUT2D eigenvalue weighted by Crippen LogP contribution is -2.14. The Morgan fingerprint density at radius 2 is 2.38 bits per heavy atom. The lowest BCUT2D eigenvalue weighted by molar-refractivity contribution is -0.121. The van der Waals surface area contributed by atoms with Gasteiger partial charge in [-0.25, -0.2) is 0 Å². The van der Waals surface area contributed by atoms with Gasteiger partial charge in [-0.3, -0.25) is 4.79 Å². The number of amides is 1. The van der Waals surface area contributed by atoms with Crippen molar-refractivity contribution in [1.29, 1.82) is 0 Å². The zero-order valence-corrected chi connectivity index (χ0v) is 4.76. The monoisotopic (exact) mass is 115 g/mol. The first-order valence-corrected chi connectivity index (χ1v) is 2.40. The summed E-state index contributed by atoms with van der Waals surface area (Å²) in [6, 6.07) is 0. The highest BCUT2D eigenvalue weighted by molar-refractivity contribution is 5.77. The van der Waals surface area contributed by atoms with Crippen LogP contribution in [0.1, 0.15) is 13.3 Å². The molecule has 0 aromatic carbocycles. The third-order valence-corrected chi connectivity index (χ3v) is 0.755. The average Bonchev–Trinajstić information content (AvgIpc) is 1.65. The second-order valence-corrected chi connectivity index (χ2v) is 1.78. The highest BCUT2D eigenvalue weighted by Crippen LogP contribution is 1.93. The molecule has 8 heavy (non-hydrogen) atoms. The molecular formula is C5H9NO2. The summed E-state index contributed by atoms with van der Waals surface area (Å²) >= 11 is 0. The lowest BCUT2D eigenvalue weighted by atomic mass is 10.1. The van der Waals surface area contributed by atoms with Gasteiger partial charge in [0.2, 0.25) is 5.91 Å². The summed E-state index contributed by atoms with van der Waals surface area (Å²) in [5.41, 5.74) is 4.77. The van der Waals surface area contributed by atoms with Crippen molar-refractivity contribution < 1.29 is 9.59 Å². The Labute approximate surface area is 47.9 Å². The summed E-state index contributed by atoms with van der Waals surface area (Å²) in [4.78, 5) is 19.9. The standard InChI is InChI=1S/C5H9NO2/c1-4(3-7)2-5(6)8/h3-4H,2H2,1H3,(H2,6,8)/t4-/m0/s1. The van der Waals surface area contributed by atoms with E-state index in [4.69, 9.17) is 5.73 Å². The van der Waals surface area contributed by atoms with Crippen LogP contribution in [0.3, 0.4) is 0 Å². The summed E-state index contributed by atoms with van der Waals surface area (Å²) in [7, 11) is 0. The molecule has 0 saturated carbocycles. The zero-order valence-electron chi connectivity index (χ0n) is 4.76. The molecule has 3 heteroatoms. The van der Waals surface area contributed by atoms with E-state index in [2.05, 4.69) is 0 Å². The van der Waals surface area contributed by atoms with Crippen LogP contribution in [0.2, 0.25) is 0 Å². The van der Waals surface area contributed by atoms with Crippen LogP contribution in [0.5, 0.6) is 0 Å². The molecule has 46 valence electrons. The number of primary amides is 1. The quantitative estimate of drug-likeness (QED) is 0.513. The van der Waals surface area contributed by atoms with E-state index >= 15 is 0 Å². The van der Waals surface area contributed by atoms with Gasteiger partial charge in [0, 0.05) is 12.3 Å². The van der Waals surface area contributed by atoms with Crippen LogP contribution in [-0.4, -0.2) is 12.2 Å². The minimum atomic E-state index is -0.426. The van der Waals surface area contributed by atoms with E-state index in [1.165, 1.54) is 0 Å². The largest absolute Gasteiger partial charge is 0.370 e. The molecule has 2 N–H and O–H groups in total. The highest BCUT2D eigenvalue weighted by Gasteiger charge is 2.01. The Balaban J connectivity index is 3.38.